The molecule has 0 radical (unpaired) electrons. The number of aryl methyl sites for hydroxylation is 1. The molecule has 0 atom stereocenters. The van der Waals surface area contributed by atoms with Gasteiger partial charge in [0, 0.05) is 10.8 Å². The van der Waals surface area contributed by atoms with Crippen molar-refractivity contribution in [1.29, 1.82) is 0 Å². The lowest BCUT2D eigenvalue weighted by Crippen LogP contribution is -2.07. The molecule has 0 spiro atoms. The lowest BCUT2D eigenvalue weighted by molar-refractivity contribution is -0.135. The zero-order chi connectivity index (χ0) is 31.2. The minimum absolute atomic E-state index is 0.189. The molecule has 8 aromatic carbocycles. The standard InChI is InChI=1S/C42H25F3O/c1-24-26-11-2-4-13-28(26)39(29-14-5-3-12-27(24)29)35-19-10-20-36-40(35)34-22-21-25(23-37(34)46-36)38-30-15-6-8-17-32(30)41(42(43,44)45)33-18-9-7-16-31(33)38/h2-23H,1H3. The van der Waals surface area contributed by atoms with Crippen molar-refractivity contribution in [3.05, 3.63) is 145 Å². The van der Waals surface area contributed by atoms with E-state index in [1.54, 1.807) is 48.5 Å². The van der Waals surface area contributed by atoms with Gasteiger partial charge in [-0.25, -0.2) is 0 Å². The summed E-state index contributed by atoms with van der Waals surface area (Å²) in [6.45, 7) is 2.18. The molecule has 0 saturated carbocycles. The maximum absolute atomic E-state index is 14.5. The number of alkyl halides is 3. The molecular formula is C42H25F3O. The molecule has 220 valence electrons. The van der Waals surface area contributed by atoms with E-state index in [0.717, 1.165) is 38.6 Å². The molecule has 0 aliphatic heterocycles. The monoisotopic (exact) mass is 602 g/mol. The van der Waals surface area contributed by atoms with Gasteiger partial charge in [0.05, 0.1) is 5.56 Å². The van der Waals surface area contributed by atoms with E-state index in [4.69, 9.17) is 4.42 Å². The molecule has 9 rings (SSSR count). The summed E-state index contributed by atoms with van der Waals surface area (Å²) in [4.78, 5) is 0. The average molecular weight is 603 g/mol. The number of hydrogen-bond donors (Lipinski definition) is 0. The van der Waals surface area contributed by atoms with E-state index in [-0.39, 0.29) is 10.8 Å². The Hall–Kier alpha value is -5.61. The van der Waals surface area contributed by atoms with Gasteiger partial charge in [-0.2, -0.15) is 13.2 Å². The Morgan fingerprint density at radius 2 is 0.957 bits per heavy atom. The Morgan fingerprint density at radius 3 is 1.50 bits per heavy atom. The van der Waals surface area contributed by atoms with E-state index in [2.05, 4.69) is 67.6 Å². The highest BCUT2D eigenvalue weighted by Gasteiger charge is 2.35. The Labute approximate surface area is 262 Å². The summed E-state index contributed by atoms with van der Waals surface area (Å²) < 4.78 is 50.0. The Kier molecular flexibility index (Phi) is 5.64. The summed E-state index contributed by atoms with van der Waals surface area (Å²) in [6.07, 6.45) is -4.50. The third kappa shape index (κ3) is 3.77. The highest BCUT2D eigenvalue weighted by atomic mass is 19.4. The molecule has 0 fully saturated rings. The van der Waals surface area contributed by atoms with Crippen LogP contribution in [-0.2, 0) is 6.18 Å². The first kappa shape index (κ1) is 26.8. The van der Waals surface area contributed by atoms with E-state index < -0.39 is 11.7 Å². The molecule has 0 aliphatic carbocycles. The molecule has 0 aliphatic rings. The van der Waals surface area contributed by atoms with Gasteiger partial charge in [0.15, 0.2) is 0 Å². The van der Waals surface area contributed by atoms with E-state index in [9.17, 15) is 13.2 Å². The molecule has 46 heavy (non-hydrogen) atoms. The number of rotatable bonds is 2. The number of fused-ring (bicyclic) bond motifs is 7. The summed E-state index contributed by atoms with van der Waals surface area (Å²) in [5, 5.41) is 8.26. The molecule has 4 heteroatoms. The van der Waals surface area contributed by atoms with Crippen LogP contribution in [0.5, 0.6) is 0 Å². The van der Waals surface area contributed by atoms with Crippen molar-refractivity contribution in [3.63, 3.8) is 0 Å². The summed E-state index contributed by atoms with van der Waals surface area (Å²) in [7, 11) is 0. The molecule has 0 N–H and O–H groups in total. The van der Waals surface area contributed by atoms with E-state index in [0.29, 0.717) is 16.4 Å². The fourth-order valence-electron chi connectivity index (χ4n) is 7.57. The van der Waals surface area contributed by atoms with Crippen LogP contribution >= 0.6 is 0 Å². The predicted molar refractivity (Wildman–Crippen MR) is 184 cm³/mol. The molecule has 1 nitrogen and oxygen atoms in total. The van der Waals surface area contributed by atoms with Crippen LogP contribution < -0.4 is 0 Å². The summed E-state index contributed by atoms with van der Waals surface area (Å²) >= 11 is 0. The van der Waals surface area contributed by atoms with Gasteiger partial charge in [-0.15, -0.1) is 0 Å². The van der Waals surface area contributed by atoms with Gasteiger partial charge in [0.25, 0.3) is 0 Å². The smallest absolute Gasteiger partial charge is 0.417 e. The Balaban J connectivity index is 1.35. The van der Waals surface area contributed by atoms with Gasteiger partial charge in [0.1, 0.15) is 11.2 Å². The van der Waals surface area contributed by atoms with Crippen LogP contribution in [0.3, 0.4) is 0 Å². The summed E-state index contributed by atoms with van der Waals surface area (Å²) in [6, 6.07) is 42.9. The highest BCUT2D eigenvalue weighted by Crippen LogP contribution is 2.48. The maximum Gasteiger partial charge on any atom is 0.417 e. The van der Waals surface area contributed by atoms with Gasteiger partial charge in [0.2, 0.25) is 0 Å². The van der Waals surface area contributed by atoms with E-state index in [1.165, 1.54) is 27.1 Å². The number of hydrogen-bond acceptors (Lipinski definition) is 1. The zero-order valence-electron chi connectivity index (χ0n) is 24.7. The minimum Gasteiger partial charge on any atom is -0.456 e. The lowest BCUT2D eigenvalue weighted by atomic mass is 9.86. The minimum atomic E-state index is -4.50. The second-order valence-electron chi connectivity index (χ2n) is 11.9. The van der Waals surface area contributed by atoms with Crippen molar-refractivity contribution in [2.45, 2.75) is 13.1 Å². The number of furan rings is 1. The lowest BCUT2D eigenvalue weighted by Gasteiger charge is -2.18. The fourth-order valence-corrected chi connectivity index (χ4v) is 7.57. The van der Waals surface area contributed by atoms with Crippen molar-refractivity contribution in [3.8, 4) is 22.3 Å². The van der Waals surface area contributed by atoms with Gasteiger partial charge >= 0.3 is 6.18 Å². The molecule has 9 aromatic rings. The second kappa shape index (κ2) is 9.69. The van der Waals surface area contributed by atoms with Gasteiger partial charge in [-0.3, -0.25) is 0 Å². The van der Waals surface area contributed by atoms with Gasteiger partial charge in [-0.05, 0) is 96.0 Å². The van der Waals surface area contributed by atoms with Crippen LogP contribution in [0.25, 0.3) is 87.3 Å². The average Bonchev–Trinajstić information content (AvgIpc) is 3.45. The summed E-state index contributed by atoms with van der Waals surface area (Å²) in [5.74, 6) is 0. The zero-order valence-corrected chi connectivity index (χ0v) is 24.7. The van der Waals surface area contributed by atoms with E-state index in [1.807, 2.05) is 24.3 Å². The van der Waals surface area contributed by atoms with Crippen molar-refractivity contribution in [2.75, 3.05) is 0 Å². The molecule has 0 unspecified atom stereocenters. The van der Waals surface area contributed by atoms with Crippen LogP contribution in [0, 0.1) is 6.92 Å². The van der Waals surface area contributed by atoms with Crippen molar-refractivity contribution in [2.24, 2.45) is 0 Å². The number of benzene rings is 8. The summed E-state index contributed by atoms with van der Waals surface area (Å²) in [5.41, 5.74) is 5.91. The third-order valence-electron chi connectivity index (χ3n) is 9.47. The first-order valence-electron chi connectivity index (χ1n) is 15.3. The first-order chi connectivity index (χ1) is 22.4. The quantitative estimate of drug-likeness (QED) is 0.179. The predicted octanol–water partition coefficient (Wildman–Crippen LogP) is 12.9. The first-order valence-corrected chi connectivity index (χ1v) is 15.3. The largest absolute Gasteiger partial charge is 0.456 e. The molecule has 1 heterocycles. The SMILES string of the molecule is Cc1c2ccccc2c(-c2cccc3oc4cc(-c5c6ccccc6c(C(F)(F)F)c6ccccc56)ccc4c23)c2ccccc12. The highest BCUT2D eigenvalue weighted by molar-refractivity contribution is 6.23. The normalized spacial score (nSPS) is 12.3. The van der Waals surface area contributed by atoms with Gasteiger partial charge < -0.3 is 4.42 Å². The van der Waals surface area contributed by atoms with Crippen LogP contribution in [0.2, 0.25) is 0 Å². The number of halogens is 3. The van der Waals surface area contributed by atoms with Crippen molar-refractivity contribution in [1.82, 2.24) is 0 Å². The van der Waals surface area contributed by atoms with E-state index >= 15 is 0 Å². The van der Waals surface area contributed by atoms with Crippen molar-refractivity contribution >= 4 is 65.0 Å². The Morgan fingerprint density at radius 1 is 0.457 bits per heavy atom. The Bertz CT molecular complexity index is 2580. The fraction of sp³-hybridized carbons (Fsp3) is 0.0476. The second-order valence-corrected chi connectivity index (χ2v) is 11.9. The molecular weight excluding hydrogens is 577 g/mol. The third-order valence-corrected chi connectivity index (χ3v) is 9.47. The van der Waals surface area contributed by atoms with Crippen LogP contribution in [-0.4, -0.2) is 0 Å². The van der Waals surface area contributed by atoms with Crippen LogP contribution in [0.15, 0.2) is 138 Å². The maximum atomic E-state index is 14.5. The molecule has 0 amide bonds. The van der Waals surface area contributed by atoms with Gasteiger partial charge in [-0.1, -0.05) is 115 Å². The van der Waals surface area contributed by atoms with Crippen molar-refractivity contribution < 1.29 is 17.6 Å². The molecule has 0 saturated heterocycles. The topological polar surface area (TPSA) is 13.1 Å². The van der Waals surface area contributed by atoms with Crippen LogP contribution in [0.4, 0.5) is 13.2 Å². The molecule has 0 bridgehead atoms. The van der Waals surface area contributed by atoms with Crippen LogP contribution in [0.1, 0.15) is 11.1 Å². The molecule has 1 aromatic heterocycles.